The van der Waals surface area contributed by atoms with E-state index in [2.05, 4.69) is 20.6 Å². The molecule has 0 radical (unpaired) electrons. The van der Waals surface area contributed by atoms with E-state index in [0.717, 1.165) is 0 Å². The Labute approximate surface area is 155 Å². The average molecular weight is 371 g/mol. The molecule has 132 valence electrons. The van der Waals surface area contributed by atoms with E-state index in [1.807, 2.05) is 0 Å². The number of carbonyl (C=O) groups excluding carboxylic acids is 1. The van der Waals surface area contributed by atoms with Gasteiger partial charge in [0.15, 0.2) is 0 Å². The summed E-state index contributed by atoms with van der Waals surface area (Å²) in [5.74, 6) is -0.214. The predicted octanol–water partition coefficient (Wildman–Crippen LogP) is 4.18. The molecule has 0 spiro atoms. The molecular weight excluding hydrogens is 355 g/mol. The molecule has 0 fully saturated rings. The molecule has 0 atom stereocenters. The zero-order valence-electron chi connectivity index (χ0n) is 13.7. The van der Waals surface area contributed by atoms with E-state index in [1.165, 1.54) is 18.5 Å². The molecule has 0 aliphatic carbocycles. The van der Waals surface area contributed by atoms with Crippen molar-refractivity contribution in [2.24, 2.45) is 0 Å². The molecule has 3 aromatic rings. The van der Waals surface area contributed by atoms with Crippen LogP contribution < -0.4 is 10.6 Å². The van der Waals surface area contributed by atoms with Gasteiger partial charge in [-0.15, -0.1) is 0 Å². The summed E-state index contributed by atoms with van der Waals surface area (Å²) in [5.41, 5.74) is 1.45. The lowest BCUT2D eigenvalue weighted by Gasteiger charge is -2.08. The number of carbonyl (C=O) groups is 1. The quantitative estimate of drug-likeness (QED) is 0.683. The Kier molecular flexibility index (Phi) is 5.76. The van der Waals surface area contributed by atoms with Crippen LogP contribution in [0.4, 0.5) is 16.0 Å². The molecule has 7 heteroatoms. The maximum absolute atomic E-state index is 13.6. The van der Waals surface area contributed by atoms with Crippen LogP contribution in [0.15, 0.2) is 60.9 Å². The van der Waals surface area contributed by atoms with E-state index in [-0.39, 0.29) is 11.7 Å². The molecule has 26 heavy (non-hydrogen) atoms. The van der Waals surface area contributed by atoms with Gasteiger partial charge in [0.05, 0.1) is 16.3 Å². The number of nitrogens with one attached hydrogen (secondary N) is 2. The molecule has 2 aromatic carbocycles. The Morgan fingerprint density at radius 2 is 1.73 bits per heavy atom. The zero-order chi connectivity index (χ0) is 18.4. The molecule has 0 unspecified atom stereocenters. The van der Waals surface area contributed by atoms with Gasteiger partial charge in [-0.2, -0.15) is 0 Å². The fourth-order valence-electron chi connectivity index (χ4n) is 2.30. The van der Waals surface area contributed by atoms with E-state index in [0.29, 0.717) is 40.8 Å². The summed E-state index contributed by atoms with van der Waals surface area (Å²) in [6.45, 7) is 0.478. The van der Waals surface area contributed by atoms with Crippen molar-refractivity contribution in [1.82, 2.24) is 9.97 Å². The third kappa shape index (κ3) is 4.55. The monoisotopic (exact) mass is 370 g/mol. The first-order valence-corrected chi connectivity index (χ1v) is 8.36. The van der Waals surface area contributed by atoms with Crippen LogP contribution in [0.25, 0.3) is 0 Å². The summed E-state index contributed by atoms with van der Waals surface area (Å²) >= 11 is 6.02. The number of hydrogen-bond donors (Lipinski definition) is 2. The van der Waals surface area contributed by atoms with Crippen LogP contribution in [0.3, 0.4) is 0 Å². The molecular formula is C19H16ClFN4O. The average Bonchev–Trinajstić information content (AvgIpc) is 2.66. The summed E-state index contributed by atoms with van der Waals surface area (Å²) in [6.07, 6.45) is 3.35. The topological polar surface area (TPSA) is 66.9 Å². The molecule has 0 bridgehead atoms. The van der Waals surface area contributed by atoms with E-state index >= 15 is 0 Å². The van der Waals surface area contributed by atoms with Crippen molar-refractivity contribution < 1.29 is 9.18 Å². The highest BCUT2D eigenvalue weighted by Crippen LogP contribution is 2.21. The highest BCUT2D eigenvalue weighted by Gasteiger charge is 2.09. The van der Waals surface area contributed by atoms with Gasteiger partial charge in [0.2, 0.25) is 5.95 Å². The molecule has 0 saturated heterocycles. The fraction of sp³-hybridized carbons (Fsp3) is 0.105. The van der Waals surface area contributed by atoms with Crippen molar-refractivity contribution in [2.75, 3.05) is 17.2 Å². The lowest BCUT2D eigenvalue weighted by molar-refractivity contribution is 0.102. The van der Waals surface area contributed by atoms with Crippen molar-refractivity contribution in [3.8, 4) is 0 Å². The predicted molar refractivity (Wildman–Crippen MR) is 100 cm³/mol. The lowest BCUT2D eigenvalue weighted by Crippen LogP contribution is -2.14. The second-order valence-electron chi connectivity index (χ2n) is 5.50. The Balaban J connectivity index is 1.55. The van der Waals surface area contributed by atoms with Gasteiger partial charge in [-0.1, -0.05) is 41.9 Å². The van der Waals surface area contributed by atoms with E-state index in [1.54, 1.807) is 42.5 Å². The Bertz CT molecular complexity index is 902. The minimum atomic E-state index is -0.351. The number of benzene rings is 2. The zero-order valence-corrected chi connectivity index (χ0v) is 14.5. The summed E-state index contributed by atoms with van der Waals surface area (Å²) < 4.78 is 13.6. The molecule has 5 nitrogen and oxygen atoms in total. The third-order valence-corrected chi connectivity index (χ3v) is 4.00. The van der Waals surface area contributed by atoms with Crippen molar-refractivity contribution in [3.05, 3.63) is 82.9 Å². The van der Waals surface area contributed by atoms with Gasteiger partial charge >= 0.3 is 0 Å². The van der Waals surface area contributed by atoms with Crippen molar-refractivity contribution >= 4 is 29.1 Å². The maximum Gasteiger partial charge on any atom is 0.258 e. The van der Waals surface area contributed by atoms with Crippen LogP contribution in [-0.2, 0) is 6.42 Å². The molecule has 0 aliphatic rings. The standard InChI is InChI=1S/C19H16ClFN4O/c20-15-6-2-4-8-17(15)25-18(26)14-11-23-19(24-12-14)22-10-9-13-5-1-3-7-16(13)21/h1-8,11-12H,9-10H2,(H,25,26)(H,22,23,24). The minimum absolute atomic E-state index is 0.234. The number of para-hydroxylation sites is 1. The first kappa shape index (κ1) is 17.8. The van der Waals surface area contributed by atoms with E-state index in [9.17, 15) is 9.18 Å². The molecule has 0 aliphatic heterocycles. The van der Waals surface area contributed by atoms with Gasteiger partial charge in [0, 0.05) is 18.9 Å². The van der Waals surface area contributed by atoms with Gasteiger partial charge in [0.25, 0.3) is 5.91 Å². The Morgan fingerprint density at radius 3 is 2.46 bits per heavy atom. The van der Waals surface area contributed by atoms with Crippen molar-refractivity contribution in [1.29, 1.82) is 0 Å². The number of halogens is 2. The maximum atomic E-state index is 13.6. The van der Waals surface area contributed by atoms with Crippen molar-refractivity contribution in [3.63, 3.8) is 0 Å². The molecule has 2 N–H and O–H groups in total. The molecule has 1 aromatic heterocycles. The highest BCUT2D eigenvalue weighted by molar-refractivity contribution is 6.33. The van der Waals surface area contributed by atoms with Crippen LogP contribution >= 0.6 is 11.6 Å². The number of hydrogen-bond acceptors (Lipinski definition) is 4. The summed E-state index contributed by atoms with van der Waals surface area (Å²) in [7, 11) is 0. The van der Waals surface area contributed by atoms with Crippen molar-refractivity contribution in [2.45, 2.75) is 6.42 Å². The SMILES string of the molecule is O=C(Nc1ccccc1Cl)c1cnc(NCCc2ccccc2F)nc1. The highest BCUT2D eigenvalue weighted by atomic mass is 35.5. The number of aromatic nitrogens is 2. The molecule has 1 heterocycles. The number of nitrogens with zero attached hydrogens (tertiary/aromatic N) is 2. The smallest absolute Gasteiger partial charge is 0.258 e. The van der Waals surface area contributed by atoms with Gasteiger partial charge in [-0.05, 0) is 30.2 Å². The van der Waals surface area contributed by atoms with Gasteiger partial charge in [-0.3, -0.25) is 4.79 Å². The molecule has 1 amide bonds. The Morgan fingerprint density at radius 1 is 1.04 bits per heavy atom. The first-order valence-electron chi connectivity index (χ1n) is 7.98. The second kappa shape index (κ2) is 8.40. The third-order valence-electron chi connectivity index (χ3n) is 3.67. The summed E-state index contributed by atoms with van der Waals surface area (Å²) in [4.78, 5) is 20.4. The van der Waals surface area contributed by atoms with Crippen LogP contribution in [-0.4, -0.2) is 22.4 Å². The fourth-order valence-corrected chi connectivity index (χ4v) is 2.49. The molecule has 0 saturated carbocycles. The normalized spacial score (nSPS) is 10.4. The second-order valence-corrected chi connectivity index (χ2v) is 5.90. The lowest BCUT2D eigenvalue weighted by atomic mass is 10.1. The number of amides is 1. The van der Waals surface area contributed by atoms with Crippen LogP contribution in [0.2, 0.25) is 5.02 Å². The van der Waals surface area contributed by atoms with Gasteiger partial charge in [-0.25, -0.2) is 14.4 Å². The van der Waals surface area contributed by atoms with Crippen LogP contribution in [0.5, 0.6) is 0 Å². The van der Waals surface area contributed by atoms with Gasteiger partial charge in [0.1, 0.15) is 5.82 Å². The van der Waals surface area contributed by atoms with Crippen LogP contribution in [0.1, 0.15) is 15.9 Å². The first-order chi connectivity index (χ1) is 12.6. The largest absolute Gasteiger partial charge is 0.354 e. The van der Waals surface area contributed by atoms with E-state index < -0.39 is 0 Å². The summed E-state index contributed by atoms with van der Waals surface area (Å²) in [6, 6.07) is 13.6. The summed E-state index contributed by atoms with van der Waals surface area (Å²) in [5, 5.41) is 6.16. The Hall–Kier alpha value is -2.99. The van der Waals surface area contributed by atoms with Crippen LogP contribution in [0, 0.1) is 5.82 Å². The number of rotatable bonds is 6. The minimum Gasteiger partial charge on any atom is -0.354 e. The number of anilines is 2. The van der Waals surface area contributed by atoms with E-state index in [4.69, 9.17) is 11.6 Å². The molecule has 3 rings (SSSR count). The van der Waals surface area contributed by atoms with Gasteiger partial charge < -0.3 is 10.6 Å².